The highest BCUT2D eigenvalue weighted by molar-refractivity contribution is 6.34. The van der Waals surface area contributed by atoms with Crippen LogP contribution in [0.1, 0.15) is 17.3 Å². The third kappa shape index (κ3) is 2.88. The summed E-state index contributed by atoms with van der Waals surface area (Å²) in [4.78, 5) is 15.7. The van der Waals surface area contributed by atoms with Crippen LogP contribution in [0.3, 0.4) is 0 Å². The van der Waals surface area contributed by atoms with Crippen LogP contribution < -0.4 is 4.74 Å². The molecule has 0 saturated heterocycles. The number of ketones is 1. The van der Waals surface area contributed by atoms with Crippen LogP contribution in [0, 0.1) is 0 Å². The molecule has 21 heavy (non-hydrogen) atoms. The van der Waals surface area contributed by atoms with Gasteiger partial charge in [-0.2, -0.15) is 0 Å². The van der Waals surface area contributed by atoms with Gasteiger partial charge in [-0.15, -0.1) is 0 Å². The molecule has 0 saturated carbocycles. The number of rotatable bonds is 3. The monoisotopic (exact) mass is 297 g/mol. The first-order valence-corrected chi connectivity index (χ1v) is 6.84. The molecular weight excluding hydrogens is 286 g/mol. The number of hydrogen-bond acceptors (Lipinski definition) is 3. The lowest BCUT2D eigenvalue weighted by Crippen LogP contribution is -1.94. The second-order valence-corrected chi connectivity index (χ2v) is 5.07. The molecule has 104 valence electrons. The van der Waals surface area contributed by atoms with Gasteiger partial charge < -0.3 is 4.74 Å². The molecule has 4 heteroatoms. The Balaban J connectivity index is 1.91. The first kappa shape index (κ1) is 13.6. The molecule has 0 aliphatic heterocycles. The van der Waals surface area contributed by atoms with Gasteiger partial charge in [0.15, 0.2) is 5.78 Å². The number of carbonyl (C=O) groups is 1. The maximum absolute atomic E-state index is 11.3. The van der Waals surface area contributed by atoms with Crippen molar-refractivity contribution < 1.29 is 9.53 Å². The van der Waals surface area contributed by atoms with Crippen molar-refractivity contribution >= 4 is 28.3 Å². The highest BCUT2D eigenvalue weighted by Crippen LogP contribution is 2.28. The molecular formula is C17H12ClNO2. The average Bonchev–Trinajstić information content (AvgIpc) is 2.47. The number of para-hydroxylation sites is 1. The molecule has 2 aromatic carbocycles. The van der Waals surface area contributed by atoms with E-state index in [1.165, 1.54) is 6.92 Å². The maximum Gasteiger partial charge on any atom is 0.161 e. The Hall–Kier alpha value is -2.39. The topological polar surface area (TPSA) is 39.2 Å². The number of halogens is 1. The van der Waals surface area contributed by atoms with E-state index in [-0.39, 0.29) is 5.78 Å². The standard InChI is InChI=1S/C17H12ClNO2/c1-11(20)15-7-6-13(9-16(15)18)21-14-8-12-4-2-3-5-17(12)19-10-14/h2-10H,1H3. The zero-order chi connectivity index (χ0) is 14.8. The molecule has 0 fully saturated rings. The van der Waals surface area contributed by atoms with Crippen LogP contribution in [0.2, 0.25) is 5.02 Å². The molecule has 3 aromatic rings. The summed E-state index contributed by atoms with van der Waals surface area (Å²) in [5.74, 6) is 1.13. The van der Waals surface area contributed by atoms with Crippen molar-refractivity contribution in [2.45, 2.75) is 6.92 Å². The van der Waals surface area contributed by atoms with E-state index in [1.807, 2.05) is 30.3 Å². The largest absolute Gasteiger partial charge is 0.456 e. The van der Waals surface area contributed by atoms with Crippen LogP contribution >= 0.6 is 11.6 Å². The summed E-state index contributed by atoms with van der Waals surface area (Å²) in [6, 6.07) is 14.7. The molecule has 0 amide bonds. The van der Waals surface area contributed by atoms with Crippen molar-refractivity contribution in [3.63, 3.8) is 0 Å². The fourth-order valence-electron chi connectivity index (χ4n) is 2.09. The first-order valence-electron chi connectivity index (χ1n) is 6.46. The van der Waals surface area contributed by atoms with Gasteiger partial charge in [-0.05, 0) is 31.2 Å². The lowest BCUT2D eigenvalue weighted by molar-refractivity contribution is 0.101. The number of aromatic nitrogens is 1. The molecule has 0 unspecified atom stereocenters. The van der Waals surface area contributed by atoms with Crippen molar-refractivity contribution in [2.24, 2.45) is 0 Å². The Morgan fingerprint density at radius 1 is 1.10 bits per heavy atom. The van der Waals surface area contributed by atoms with E-state index >= 15 is 0 Å². The summed E-state index contributed by atoms with van der Waals surface area (Å²) in [5.41, 5.74) is 1.40. The summed E-state index contributed by atoms with van der Waals surface area (Å²) in [6.07, 6.45) is 1.66. The normalized spacial score (nSPS) is 10.6. The van der Waals surface area contributed by atoms with Crippen LogP contribution in [0.25, 0.3) is 10.9 Å². The van der Waals surface area contributed by atoms with Gasteiger partial charge in [-0.3, -0.25) is 9.78 Å². The van der Waals surface area contributed by atoms with Gasteiger partial charge in [0, 0.05) is 17.0 Å². The van der Waals surface area contributed by atoms with Gasteiger partial charge in [-0.25, -0.2) is 0 Å². The summed E-state index contributed by atoms with van der Waals surface area (Å²) >= 11 is 6.07. The van der Waals surface area contributed by atoms with Gasteiger partial charge in [0.25, 0.3) is 0 Å². The molecule has 0 aliphatic carbocycles. The predicted octanol–water partition coefficient (Wildman–Crippen LogP) is 4.88. The molecule has 0 N–H and O–H groups in total. The number of ether oxygens (including phenoxy) is 1. The lowest BCUT2D eigenvalue weighted by atomic mass is 10.1. The number of nitrogens with zero attached hydrogens (tertiary/aromatic N) is 1. The van der Waals surface area contributed by atoms with Crippen molar-refractivity contribution in [3.05, 3.63) is 65.3 Å². The van der Waals surface area contributed by atoms with Gasteiger partial charge in [0.1, 0.15) is 11.5 Å². The first-order chi connectivity index (χ1) is 10.1. The fourth-order valence-corrected chi connectivity index (χ4v) is 2.39. The SMILES string of the molecule is CC(=O)c1ccc(Oc2cnc3ccccc3c2)cc1Cl. The van der Waals surface area contributed by atoms with Crippen LogP contribution in [0.4, 0.5) is 0 Å². The minimum atomic E-state index is -0.0704. The van der Waals surface area contributed by atoms with Gasteiger partial charge >= 0.3 is 0 Å². The quantitative estimate of drug-likeness (QED) is 0.647. The number of Topliss-reactive ketones (excluding diaryl/α,β-unsaturated/α-hetero) is 1. The second kappa shape index (κ2) is 5.54. The smallest absolute Gasteiger partial charge is 0.161 e. The third-order valence-electron chi connectivity index (χ3n) is 3.12. The zero-order valence-corrected chi connectivity index (χ0v) is 12.1. The highest BCUT2D eigenvalue weighted by Gasteiger charge is 2.07. The van der Waals surface area contributed by atoms with Crippen molar-refractivity contribution in [2.75, 3.05) is 0 Å². The number of carbonyl (C=O) groups excluding carboxylic acids is 1. The van der Waals surface area contributed by atoms with E-state index in [0.717, 1.165) is 10.9 Å². The number of benzene rings is 2. The second-order valence-electron chi connectivity index (χ2n) is 4.66. The summed E-state index contributed by atoms with van der Waals surface area (Å²) in [5, 5.41) is 1.38. The van der Waals surface area contributed by atoms with E-state index in [2.05, 4.69) is 4.98 Å². The van der Waals surface area contributed by atoms with E-state index < -0.39 is 0 Å². The number of pyridine rings is 1. The Labute approximate surface area is 127 Å². The number of fused-ring (bicyclic) bond motifs is 1. The van der Waals surface area contributed by atoms with Crippen LogP contribution in [-0.2, 0) is 0 Å². The van der Waals surface area contributed by atoms with Crippen molar-refractivity contribution in [1.29, 1.82) is 0 Å². The lowest BCUT2D eigenvalue weighted by Gasteiger charge is -2.08. The van der Waals surface area contributed by atoms with Gasteiger partial charge in [0.2, 0.25) is 0 Å². The van der Waals surface area contributed by atoms with Crippen LogP contribution in [0.15, 0.2) is 54.7 Å². The summed E-state index contributed by atoms with van der Waals surface area (Å²) in [6.45, 7) is 1.48. The molecule has 0 bridgehead atoms. The zero-order valence-electron chi connectivity index (χ0n) is 11.3. The molecule has 1 heterocycles. The Morgan fingerprint density at radius 3 is 2.67 bits per heavy atom. The summed E-state index contributed by atoms with van der Waals surface area (Å²) < 4.78 is 5.74. The Morgan fingerprint density at radius 2 is 1.90 bits per heavy atom. The van der Waals surface area contributed by atoms with E-state index in [9.17, 15) is 4.79 Å². The molecule has 0 radical (unpaired) electrons. The van der Waals surface area contributed by atoms with Crippen LogP contribution in [0.5, 0.6) is 11.5 Å². The Bertz CT molecular complexity index is 830. The van der Waals surface area contributed by atoms with E-state index in [4.69, 9.17) is 16.3 Å². The summed E-state index contributed by atoms with van der Waals surface area (Å²) in [7, 11) is 0. The minimum Gasteiger partial charge on any atom is -0.456 e. The van der Waals surface area contributed by atoms with E-state index in [1.54, 1.807) is 24.4 Å². The molecule has 3 rings (SSSR count). The van der Waals surface area contributed by atoms with Gasteiger partial charge in [-0.1, -0.05) is 29.8 Å². The molecule has 0 spiro atoms. The molecule has 3 nitrogen and oxygen atoms in total. The highest BCUT2D eigenvalue weighted by atomic mass is 35.5. The molecule has 1 aromatic heterocycles. The number of hydrogen-bond donors (Lipinski definition) is 0. The minimum absolute atomic E-state index is 0.0704. The molecule has 0 aliphatic rings. The molecule has 0 atom stereocenters. The van der Waals surface area contributed by atoms with Crippen molar-refractivity contribution in [1.82, 2.24) is 4.98 Å². The average molecular weight is 298 g/mol. The predicted molar refractivity (Wildman–Crippen MR) is 83.3 cm³/mol. The van der Waals surface area contributed by atoms with Crippen molar-refractivity contribution in [3.8, 4) is 11.5 Å². The maximum atomic E-state index is 11.3. The van der Waals surface area contributed by atoms with Crippen LogP contribution in [-0.4, -0.2) is 10.8 Å². The van der Waals surface area contributed by atoms with E-state index in [0.29, 0.717) is 22.1 Å². The fraction of sp³-hybridized carbons (Fsp3) is 0.0588. The Kier molecular flexibility index (Phi) is 3.59. The third-order valence-corrected chi connectivity index (χ3v) is 3.43. The van der Waals surface area contributed by atoms with Gasteiger partial charge in [0.05, 0.1) is 16.7 Å².